The number of hydrogen-bond donors (Lipinski definition) is 1. The van der Waals surface area contributed by atoms with Crippen molar-refractivity contribution in [2.75, 3.05) is 12.9 Å². The fraction of sp³-hybridized carbons (Fsp3) is 0.789. The Morgan fingerprint density at radius 2 is 2.04 bits per heavy atom. The average molecular weight is 414 g/mol. The Morgan fingerprint density at radius 1 is 1.32 bits per heavy atom. The molecule has 9 heteroatoms. The predicted octanol–water partition coefficient (Wildman–Crippen LogP) is 2.31. The van der Waals surface area contributed by atoms with Crippen LogP contribution in [0.3, 0.4) is 0 Å². The monoisotopic (exact) mass is 413 g/mol. The molecule has 1 amide bonds. The molecular formula is C19H31N3O5S. The number of nitrogens with zero attached hydrogens (tertiary/aromatic N) is 2. The first-order valence-corrected chi connectivity index (χ1v) is 12.0. The van der Waals surface area contributed by atoms with Crippen LogP contribution in [0, 0.1) is 0 Å². The lowest BCUT2D eigenvalue weighted by atomic mass is 10.0. The number of carbonyl (C=O) groups excluding carboxylic acids is 1. The molecule has 8 nitrogen and oxygen atoms in total. The van der Waals surface area contributed by atoms with Gasteiger partial charge in [0.2, 0.25) is 0 Å². The van der Waals surface area contributed by atoms with Crippen molar-refractivity contribution in [1.29, 1.82) is 0 Å². The number of aryl methyl sites for hydroxylation is 1. The summed E-state index contributed by atoms with van der Waals surface area (Å²) in [4.78, 5) is 18.0. The van der Waals surface area contributed by atoms with Crippen LogP contribution < -0.4 is 5.48 Å². The molecule has 2 heterocycles. The summed E-state index contributed by atoms with van der Waals surface area (Å²) in [7, 11) is -3.67. The van der Waals surface area contributed by atoms with Gasteiger partial charge in [-0.05, 0) is 50.5 Å². The number of ether oxygens (including phenoxy) is 1. The normalized spacial score (nSPS) is 23.4. The summed E-state index contributed by atoms with van der Waals surface area (Å²) in [5.41, 5.74) is 3.51. The second kappa shape index (κ2) is 8.92. The van der Waals surface area contributed by atoms with E-state index in [4.69, 9.17) is 9.57 Å². The van der Waals surface area contributed by atoms with E-state index in [1.165, 1.54) is 38.2 Å². The van der Waals surface area contributed by atoms with Crippen molar-refractivity contribution in [3.63, 3.8) is 0 Å². The summed E-state index contributed by atoms with van der Waals surface area (Å²) in [6.45, 7) is 2.35. The minimum atomic E-state index is -3.67. The molecule has 1 aliphatic heterocycles. The van der Waals surface area contributed by atoms with Crippen LogP contribution in [0.4, 0.5) is 0 Å². The molecule has 3 rings (SSSR count). The third-order valence-corrected chi connectivity index (χ3v) is 8.04. The van der Waals surface area contributed by atoms with E-state index in [-0.39, 0.29) is 6.42 Å². The lowest BCUT2D eigenvalue weighted by Gasteiger charge is -2.28. The number of aromatic nitrogens is 2. The van der Waals surface area contributed by atoms with Crippen LogP contribution >= 0.6 is 0 Å². The summed E-state index contributed by atoms with van der Waals surface area (Å²) in [6, 6.07) is 0. The number of nitrogens with one attached hydrogen (secondary N) is 1. The van der Waals surface area contributed by atoms with Crippen molar-refractivity contribution in [1.82, 2.24) is 15.3 Å². The fourth-order valence-corrected chi connectivity index (χ4v) is 4.64. The molecule has 2 atom stereocenters. The smallest absolute Gasteiger partial charge is 0.264 e. The van der Waals surface area contributed by atoms with Crippen LogP contribution in [0.25, 0.3) is 0 Å². The summed E-state index contributed by atoms with van der Waals surface area (Å²) in [5.74, 6) is -0.130. The van der Waals surface area contributed by atoms with Crippen LogP contribution in [0.5, 0.6) is 0 Å². The molecule has 2 fully saturated rings. The van der Waals surface area contributed by atoms with E-state index < -0.39 is 26.8 Å². The molecule has 1 saturated carbocycles. The van der Waals surface area contributed by atoms with Gasteiger partial charge in [0.15, 0.2) is 20.9 Å². The second-order valence-electron chi connectivity index (χ2n) is 8.12. The molecule has 0 bridgehead atoms. The first-order valence-electron chi connectivity index (χ1n) is 10.1. The van der Waals surface area contributed by atoms with Crippen LogP contribution in [-0.2, 0) is 30.8 Å². The summed E-state index contributed by atoms with van der Waals surface area (Å²) >= 11 is 0. The SMILES string of the molecule is C[C@@](CCn1cc(C2CCCC2)cn1)(C(=O)NOC1CCCCO1)S(C)(=O)=O. The maximum Gasteiger partial charge on any atom is 0.264 e. The van der Waals surface area contributed by atoms with E-state index in [9.17, 15) is 13.2 Å². The van der Waals surface area contributed by atoms with Crippen molar-refractivity contribution in [2.45, 2.75) is 81.8 Å². The molecule has 0 aromatic carbocycles. The van der Waals surface area contributed by atoms with Crippen LogP contribution in [0.1, 0.15) is 69.8 Å². The maximum atomic E-state index is 12.7. The average Bonchev–Trinajstić information content (AvgIpc) is 3.35. The third kappa shape index (κ3) is 4.93. The number of rotatable bonds is 8. The Kier molecular flexibility index (Phi) is 6.77. The van der Waals surface area contributed by atoms with E-state index in [0.717, 1.165) is 19.1 Å². The molecule has 158 valence electrons. The zero-order valence-electron chi connectivity index (χ0n) is 16.7. The van der Waals surface area contributed by atoms with E-state index >= 15 is 0 Å². The molecule has 1 aromatic heterocycles. The van der Waals surface area contributed by atoms with E-state index in [1.54, 1.807) is 4.68 Å². The van der Waals surface area contributed by atoms with E-state index in [2.05, 4.69) is 10.6 Å². The van der Waals surface area contributed by atoms with Gasteiger partial charge in [-0.1, -0.05) is 12.8 Å². The topological polar surface area (TPSA) is 99.5 Å². The molecule has 1 N–H and O–H groups in total. The van der Waals surface area contributed by atoms with Crippen molar-refractivity contribution in [3.05, 3.63) is 18.0 Å². The van der Waals surface area contributed by atoms with Crippen LogP contribution in [-0.4, -0.2) is 48.0 Å². The maximum absolute atomic E-state index is 12.7. The van der Waals surface area contributed by atoms with Gasteiger partial charge < -0.3 is 4.74 Å². The molecule has 28 heavy (non-hydrogen) atoms. The molecule has 1 aromatic rings. The summed E-state index contributed by atoms with van der Waals surface area (Å²) < 4.78 is 30.3. The summed E-state index contributed by atoms with van der Waals surface area (Å²) in [6.07, 6.45) is 11.9. The van der Waals surface area contributed by atoms with Gasteiger partial charge in [0.25, 0.3) is 5.91 Å². The van der Waals surface area contributed by atoms with Gasteiger partial charge in [0.05, 0.1) is 6.20 Å². The third-order valence-electron chi connectivity index (χ3n) is 6.02. The molecular weight excluding hydrogens is 382 g/mol. The largest absolute Gasteiger partial charge is 0.350 e. The lowest BCUT2D eigenvalue weighted by Crippen LogP contribution is -2.51. The van der Waals surface area contributed by atoms with E-state index in [1.807, 2.05) is 12.4 Å². The predicted molar refractivity (Wildman–Crippen MR) is 104 cm³/mol. The minimum Gasteiger partial charge on any atom is -0.350 e. The standard InChI is InChI=1S/C19H31N3O5S/c1-19(28(2,24)25,18(23)21-27-17-9-5-6-12-26-17)10-11-22-14-16(13-20-22)15-7-3-4-8-15/h13-15,17H,3-12H2,1-2H3,(H,21,23)/t17?,19-/m1/s1. The first-order chi connectivity index (χ1) is 13.3. The molecule has 2 aliphatic rings. The highest BCUT2D eigenvalue weighted by Gasteiger charge is 2.44. The van der Waals surface area contributed by atoms with Crippen molar-refractivity contribution in [2.24, 2.45) is 0 Å². The zero-order valence-corrected chi connectivity index (χ0v) is 17.5. The molecule has 0 spiro atoms. The van der Waals surface area contributed by atoms with E-state index in [0.29, 0.717) is 25.5 Å². The fourth-order valence-electron chi connectivity index (χ4n) is 3.80. The van der Waals surface area contributed by atoms with Gasteiger partial charge in [-0.2, -0.15) is 5.10 Å². The van der Waals surface area contributed by atoms with Crippen molar-refractivity contribution in [3.8, 4) is 0 Å². The van der Waals surface area contributed by atoms with Gasteiger partial charge in [-0.3, -0.25) is 9.48 Å². The minimum absolute atomic E-state index is 0.109. The number of hydrogen-bond acceptors (Lipinski definition) is 6. The second-order valence-corrected chi connectivity index (χ2v) is 10.6. The molecule has 1 unspecified atom stereocenters. The first kappa shape index (κ1) is 21.3. The Morgan fingerprint density at radius 3 is 2.68 bits per heavy atom. The van der Waals surface area contributed by atoms with Gasteiger partial charge >= 0.3 is 0 Å². The Labute approximate surface area is 166 Å². The number of amides is 1. The van der Waals surface area contributed by atoms with Crippen molar-refractivity contribution < 1.29 is 22.8 Å². The highest BCUT2D eigenvalue weighted by molar-refractivity contribution is 7.92. The number of hydroxylamine groups is 1. The molecule has 1 saturated heterocycles. The highest BCUT2D eigenvalue weighted by atomic mass is 32.2. The van der Waals surface area contributed by atoms with Gasteiger partial charge in [-0.15, -0.1) is 0 Å². The van der Waals surface area contributed by atoms with Gasteiger partial charge in [-0.25, -0.2) is 18.7 Å². The Hall–Kier alpha value is -1.45. The molecule has 1 aliphatic carbocycles. The van der Waals surface area contributed by atoms with Crippen LogP contribution in [0.15, 0.2) is 12.4 Å². The van der Waals surface area contributed by atoms with Crippen molar-refractivity contribution >= 4 is 15.7 Å². The highest BCUT2D eigenvalue weighted by Crippen LogP contribution is 2.33. The number of sulfone groups is 1. The molecule has 0 radical (unpaired) electrons. The van der Waals surface area contributed by atoms with Crippen LogP contribution in [0.2, 0.25) is 0 Å². The zero-order chi connectivity index (χ0) is 20.2. The van der Waals surface area contributed by atoms with Gasteiger partial charge in [0, 0.05) is 32.0 Å². The lowest BCUT2D eigenvalue weighted by molar-refractivity contribution is -0.201. The Bertz CT molecular complexity index is 766. The van der Waals surface area contributed by atoms with Gasteiger partial charge in [0.1, 0.15) is 0 Å². The number of carbonyl (C=O) groups is 1. The Balaban J connectivity index is 1.61. The quantitative estimate of drug-likeness (QED) is 0.657. The summed E-state index contributed by atoms with van der Waals surface area (Å²) in [5, 5.41) is 4.36.